The fourth-order valence-electron chi connectivity index (χ4n) is 4.37. The van der Waals surface area contributed by atoms with Crippen molar-refractivity contribution < 1.29 is 22.4 Å². The SMILES string of the molecule is CS(=O)(=O)N1CC(=O)NC(CN(C=O)c2ccc(-c3ccccc3C#N)nc2NCCc2cccc(F)c2)C1. The smallest absolute Gasteiger partial charge is 0.235 e. The van der Waals surface area contributed by atoms with Gasteiger partial charge in [0.05, 0.1) is 41.9 Å². The number of anilines is 2. The van der Waals surface area contributed by atoms with Crippen molar-refractivity contribution in [3.8, 4) is 17.3 Å². The van der Waals surface area contributed by atoms with Gasteiger partial charge in [0.2, 0.25) is 22.3 Å². The number of sulfonamides is 1. The number of rotatable bonds is 10. The van der Waals surface area contributed by atoms with Gasteiger partial charge in [-0.2, -0.15) is 9.57 Å². The van der Waals surface area contributed by atoms with E-state index in [-0.39, 0.29) is 25.5 Å². The van der Waals surface area contributed by atoms with Crippen LogP contribution >= 0.6 is 0 Å². The molecule has 1 saturated heterocycles. The van der Waals surface area contributed by atoms with E-state index in [1.165, 1.54) is 17.0 Å². The first kappa shape index (κ1) is 27.7. The van der Waals surface area contributed by atoms with Gasteiger partial charge in [-0.15, -0.1) is 0 Å². The number of halogens is 1. The summed E-state index contributed by atoms with van der Waals surface area (Å²) in [6.07, 6.45) is 2.09. The van der Waals surface area contributed by atoms with Gasteiger partial charge in [-0.3, -0.25) is 9.59 Å². The molecule has 1 aliphatic rings. The molecule has 1 fully saturated rings. The molecule has 1 aliphatic heterocycles. The van der Waals surface area contributed by atoms with Crippen LogP contribution in [0, 0.1) is 17.1 Å². The van der Waals surface area contributed by atoms with E-state index >= 15 is 0 Å². The van der Waals surface area contributed by atoms with Crippen molar-refractivity contribution in [3.63, 3.8) is 0 Å². The summed E-state index contributed by atoms with van der Waals surface area (Å²) in [6, 6.07) is 18.1. The van der Waals surface area contributed by atoms with E-state index in [4.69, 9.17) is 4.98 Å². The molecule has 3 aromatic rings. The Bertz CT molecular complexity index is 1520. The van der Waals surface area contributed by atoms with Crippen LogP contribution in [0.2, 0.25) is 0 Å². The molecule has 2 amide bonds. The summed E-state index contributed by atoms with van der Waals surface area (Å²) < 4.78 is 38.8. The van der Waals surface area contributed by atoms with Gasteiger partial charge in [0.1, 0.15) is 5.82 Å². The van der Waals surface area contributed by atoms with Crippen molar-refractivity contribution in [1.82, 2.24) is 14.6 Å². The maximum Gasteiger partial charge on any atom is 0.235 e. The van der Waals surface area contributed by atoms with Gasteiger partial charge >= 0.3 is 0 Å². The highest BCUT2D eigenvalue weighted by Crippen LogP contribution is 2.30. The van der Waals surface area contributed by atoms with Gasteiger partial charge in [0.15, 0.2) is 5.82 Å². The molecule has 0 radical (unpaired) electrons. The van der Waals surface area contributed by atoms with Crippen molar-refractivity contribution in [2.24, 2.45) is 0 Å². The highest BCUT2D eigenvalue weighted by molar-refractivity contribution is 7.88. The molecular weight excluding hydrogens is 523 g/mol. The molecule has 2 N–H and O–H groups in total. The number of carbonyl (C=O) groups is 2. The zero-order valence-corrected chi connectivity index (χ0v) is 22.0. The third-order valence-corrected chi connectivity index (χ3v) is 7.44. The molecule has 2 heterocycles. The molecular formula is C27H27FN6O4S. The molecule has 10 nitrogen and oxygen atoms in total. The quantitative estimate of drug-likeness (QED) is 0.369. The molecule has 4 rings (SSSR count). The summed E-state index contributed by atoms with van der Waals surface area (Å²) in [5.41, 5.74) is 2.72. The van der Waals surface area contributed by atoms with Gasteiger partial charge in [0.25, 0.3) is 0 Å². The van der Waals surface area contributed by atoms with Crippen molar-refractivity contribution >= 4 is 33.8 Å². The Balaban J connectivity index is 1.63. The van der Waals surface area contributed by atoms with E-state index in [9.17, 15) is 27.7 Å². The number of amides is 2. The molecule has 0 saturated carbocycles. The summed E-state index contributed by atoms with van der Waals surface area (Å²) in [7, 11) is -3.60. The number of nitrogens with one attached hydrogen (secondary N) is 2. The first-order chi connectivity index (χ1) is 18.7. The molecule has 1 aromatic heterocycles. The lowest BCUT2D eigenvalue weighted by Gasteiger charge is -2.34. The van der Waals surface area contributed by atoms with Crippen molar-refractivity contribution in [1.29, 1.82) is 5.26 Å². The second-order valence-electron chi connectivity index (χ2n) is 9.11. The first-order valence-electron chi connectivity index (χ1n) is 12.1. The lowest BCUT2D eigenvalue weighted by Crippen LogP contribution is -2.58. The molecule has 0 spiro atoms. The van der Waals surface area contributed by atoms with Crippen molar-refractivity contribution in [2.75, 3.05) is 42.7 Å². The second kappa shape index (κ2) is 12.0. The van der Waals surface area contributed by atoms with Crippen LogP contribution in [0.15, 0.2) is 60.7 Å². The molecule has 202 valence electrons. The van der Waals surface area contributed by atoms with Crippen LogP contribution in [0.5, 0.6) is 0 Å². The fourth-order valence-corrected chi connectivity index (χ4v) is 5.17. The van der Waals surface area contributed by atoms with Gasteiger partial charge < -0.3 is 15.5 Å². The number of piperazine rings is 1. The summed E-state index contributed by atoms with van der Waals surface area (Å²) in [4.78, 5) is 30.4. The second-order valence-corrected chi connectivity index (χ2v) is 11.1. The number of pyridine rings is 1. The molecule has 0 bridgehead atoms. The van der Waals surface area contributed by atoms with Crippen LogP contribution in [0.3, 0.4) is 0 Å². The van der Waals surface area contributed by atoms with E-state index in [0.29, 0.717) is 47.7 Å². The Morgan fingerprint density at radius 3 is 2.74 bits per heavy atom. The molecule has 1 unspecified atom stereocenters. The number of hydrogen-bond donors (Lipinski definition) is 2. The van der Waals surface area contributed by atoms with Gasteiger partial charge in [-0.1, -0.05) is 30.3 Å². The minimum atomic E-state index is -3.60. The Labute approximate surface area is 226 Å². The van der Waals surface area contributed by atoms with Gasteiger partial charge in [-0.25, -0.2) is 17.8 Å². The topological polar surface area (TPSA) is 135 Å². The van der Waals surface area contributed by atoms with E-state index in [1.54, 1.807) is 48.5 Å². The number of benzene rings is 2. The van der Waals surface area contributed by atoms with E-state index in [1.807, 2.05) is 0 Å². The summed E-state index contributed by atoms with van der Waals surface area (Å²) in [6.45, 7) is 0.0906. The third kappa shape index (κ3) is 6.95. The number of aromatic nitrogens is 1. The maximum atomic E-state index is 13.6. The van der Waals surface area contributed by atoms with Crippen LogP contribution in [0.4, 0.5) is 15.9 Å². The predicted molar refractivity (Wildman–Crippen MR) is 145 cm³/mol. The Hall–Kier alpha value is -4.34. The van der Waals surface area contributed by atoms with E-state index in [2.05, 4.69) is 16.7 Å². The normalized spacial score (nSPS) is 15.7. The number of nitriles is 1. The van der Waals surface area contributed by atoms with E-state index < -0.39 is 22.0 Å². The number of nitrogens with zero attached hydrogens (tertiary/aromatic N) is 4. The van der Waals surface area contributed by atoms with Crippen molar-refractivity contribution in [2.45, 2.75) is 12.5 Å². The molecule has 0 aliphatic carbocycles. The standard InChI is InChI=1S/C27H27FN6O4S/c1-39(37,38)34-16-22(31-26(36)17-34)15-33(18-35)25-10-9-24(23-8-3-2-6-20(23)14-29)32-27(25)30-12-11-19-5-4-7-21(28)13-19/h2-10,13,18,22H,11-12,15-17H2,1H3,(H,30,32)(H,31,36). The zero-order valence-electron chi connectivity index (χ0n) is 21.2. The van der Waals surface area contributed by atoms with Crippen LogP contribution in [0.1, 0.15) is 11.1 Å². The molecule has 1 atom stereocenters. The van der Waals surface area contributed by atoms with Crippen LogP contribution in [-0.4, -0.2) is 68.5 Å². The fraction of sp³-hybridized carbons (Fsp3) is 0.259. The summed E-state index contributed by atoms with van der Waals surface area (Å²) in [5.74, 6) is -0.463. The monoisotopic (exact) mass is 550 g/mol. The highest BCUT2D eigenvalue weighted by atomic mass is 32.2. The first-order valence-corrected chi connectivity index (χ1v) is 14.0. The van der Waals surface area contributed by atoms with Crippen molar-refractivity contribution in [3.05, 3.63) is 77.6 Å². The Morgan fingerprint density at radius 1 is 1.23 bits per heavy atom. The minimum Gasteiger partial charge on any atom is -0.368 e. The molecule has 2 aromatic carbocycles. The molecule has 39 heavy (non-hydrogen) atoms. The zero-order chi connectivity index (χ0) is 28.0. The van der Waals surface area contributed by atoms with Gasteiger partial charge in [-0.05, 0) is 42.3 Å². The lowest BCUT2D eigenvalue weighted by atomic mass is 10.0. The average Bonchev–Trinajstić information content (AvgIpc) is 2.91. The van der Waals surface area contributed by atoms with E-state index in [0.717, 1.165) is 16.1 Å². The van der Waals surface area contributed by atoms with Crippen LogP contribution in [0.25, 0.3) is 11.3 Å². The van der Waals surface area contributed by atoms with Crippen LogP contribution in [-0.2, 0) is 26.0 Å². The Kier molecular flexibility index (Phi) is 8.53. The average molecular weight is 551 g/mol. The van der Waals surface area contributed by atoms with Gasteiger partial charge in [0, 0.05) is 25.2 Å². The number of carbonyl (C=O) groups excluding carboxylic acids is 2. The predicted octanol–water partition coefficient (Wildman–Crippen LogP) is 2.14. The highest BCUT2D eigenvalue weighted by Gasteiger charge is 2.31. The summed E-state index contributed by atoms with van der Waals surface area (Å²) in [5, 5.41) is 15.5. The lowest BCUT2D eigenvalue weighted by molar-refractivity contribution is -0.124. The van der Waals surface area contributed by atoms with Crippen LogP contribution < -0.4 is 15.5 Å². The summed E-state index contributed by atoms with van der Waals surface area (Å²) >= 11 is 0. The molecule has 12 heteroatoms. The largest absolute Gasteiger partial charge is 0.368 e. The maximum absolute atomic E-state index is 13.6. The number of hydrogen-bond acceptors (Lipinski definition) is 7. The Morgan fingerprint density at radius 2 is 2.03 bits per heavy atom. The third-order valence-electron chi connectivity index (χ3n) is 6.22. The minimum absolute atomic E-state index is 0.00432.